The van der Waals surface area contributed by atoms with Crippen LogP contribution in [0, 0.1) is 0 Å². The van der Waals surface area contributed by atoms with Crippen molar-refractivity contribution >= 4 is 64.7 Å². The Morgan fingerprint density at radius 3 is 2.19 bits per heavy atom. The molecule has 11 heteroatoms. The maximum atomic E-state index is 11.8. The Bertz CT molecular complexity index is 1030. The van der Waals surface area contributed by atoms with E-state index >= 15 is 0 Å². The maximum absolute atomic E-state index is 11.8. The first kappa shape index (κ1) is 25.4. The lowest BCUT2D eigenvalue weighted by Gasteiger charge is -2.19. The third-order valence-corrected chi connectivity index (χ3v) is 4.99. The van der Waals surface area contributed by atoms with Crippen molar-refractivity contribution in [1.29, 1.82) is 0 Å². The largest absolute Gasteiger partial charge is 0.443 e. The number of aliphatic imine (C=N–C) groups is 1. The van der Waals surface area contributed by atoms with Crippen LogP contribution in [-0.4, -0.2) is 23.8 Å². The number of hydrogen-bond acceptors (Lipinski definition) is 7. The molecule has 0 aliphatic rings. The van der Waals surface area contributed by atoms with Crippen LogP contribution in [0.25, 0.3) is 0 Å². The first-order valence-corrected chi connectivity index (χ1v) is 10.8. The molecule has 8 nitrogen and oxygen atoms in total. The molecule has 32 heavy (non-hydrogen) atoms. The molecule has 170 valence electrons. The van der Waals surface area contributed by atoms with Crippen molar-refractivity contribution in [2.24, 2.45) is 16.5 Å². The van der Waals surface area contributed by atoms with Gasteiger partial charge in [0.05, 0.1) is 22.0 Å². The highest BCUT2D eigenvalue weighted by atomic mass is 35.5. The highest BCUT2D eigenvalue weighted by Crippen LogP contribution is 2.32. The van der Waals surface area contributed by atoms with Gasteiger partial charge in [-0.15, -0.1) is 0 Å². The Hall–Kier alpha value is -2.88. The molecular weight excluding hydrogens is 473 g/mol. The lowest BCUT2D eigenvalue weighted by Crippen LogP contribution is -2.29. The summed E-state index contributed by atoms with van der Waals surface area (Å²) in [5, 5.41) is 3.66. The molecule has 6 N–H and O–H groups in total. The first-order chi connectivity index (χ1) is 15.0. The molecule has 0 aliphatic heterocycles. The van der Waals surface area contributed by atoms with Gasteiger partial charge in [0.2, 0.25) is 0 Å². The van der Waals surface area contributed by atoms with Gasteiger partial charge in [0.1, 0.15) is 17.0 Å². The zero-order valence-electron chi connectivity index (χ0n) is 17.6. The summed E-state index contributed by atoms with van der Waals surface area (Å²) in [6, 6.07) is 11.9. The molecule has 0 heterocycles. The minimum absolute atomic E-state index is 0.167. The van der Waals surface area contributed by atoms with Crippen molar-refractivity contribution in [2.75, 3.05) is 5.32 Å². The van der Waals surface area contributed by atoms with Crippen molar-refractivity contribution in [3.8, 4) is 0 Å². The monoisotopic (exact) mass is 495 g/mol. The highest BCUT2D eigenvalue weighted by Gasteiger charge is 2.16. The van der Waals surface area contributed by atoms with Crippen molar-refractivity contribution in [3.63, 3.8) is 0 Å². The Balaban J connectivity index is 2.14. The Labute approximate surface area is 200 Å². The summed E-state index contributed by atoms with van der Waals surface area (Å²) >= 11 is 13.3. The number of nitrogens with one attached hydrogen (secondary N) is 2. The van der Waals surface area contributed by atoms with E-state index in [-0.39, 0.29) is 11.4 Å². The van der Waals surface area contributed by atoms with Gasteiger partial charge in [-0.05, 0) is 69.1 Å². The molecule has 0 unspecified atom stereocenters. The number of carbonyl (C=O) groups is 2. The number of benzene rings is 2. The van der Waals surface area contributed by atoms with Gasteiger partial charge in [0, 0.05) is 10.6 Å². The van der Waals surface area contributed by atoms with Crippen LogP contribution in [0.2, 0.25) is 10.0 Å². The van der Waals surface area contributed by atoms with E-state index < -0.39 is 17.6 Å². The van der Waals surface area contributed by atoms with Gasteiger partial charge in [0.15, 0.2) is 0 Å². The molecule has 0 fully saturated rings. The summed E-state index contributed by atoms with van der Waals surface area (Å²) < 4.78 is 7.78. The van der Waals surface area contributed by atoms with Crippen molar-refractivity contribution in [2.45, 2.75) is 31.3 Å². The lowest BCUT2D eigenvalue weighted by molar-refractivity contribution is -0.114. The van der Waals surface area contributed by atoms with E-state index in [1.807, 2.05) is 0 Å². The molecule has 0 saturated heterocycles. The zero-order chi connectivity index (χ0) is 23.9. The number of halogens is 2. The van der Waals surface area contributed by atoms with Crippen LogP contribution in [0.3, 0.4) is 0 Å². The van der Waals surface area contributed by atoms with Crippen LogP contribution in [0.5, 0.6) is 0 Å². The molecule has 0 aliphatic carbocycles. The third-order valence-electron chi connectivity index (χ3n) is 3.60. The summed E-state index contributed by atoms with van der Waals surface area (Å²) in [6.07, 6.45) is 0.776. The fourth-order valence-electron chi connectivity index (χ4n) is 2.20. The number of amides is 2. The molecule has 0 bridgehead atoms. The average Bonchev–Trinajstić information content (AvgIpc) is 2.70. The van der Waals surface area contributed by atoms with Crippen molar-refractivity contribution in [3.05, 3.63) is 63.9 Å². The summed E-state index contributed by atoms with van der Waals surface area (Å²) in [4.78, 5) is 28.4. The van der Waals surface area contributed by atoms with Gasteiger partial charge < -0.3 is 21.5 Å². The number of nitrogens with zero attached hydrogens (tertiary/aromatic N) is 1. The van der Waals surface area contributed by atoms with Gasteiger partial charge in [-0.3, -0.25) is 14.5 Å². The van der Waals surface area contributed by atoms with Crippen LogP contribution >= 0.6 is 35.1 Å². The summed E-state index contributed by atoms with van der Waals surface area (Å²) in [7, 11) is 0. The molecule has 0 spiro atoms. The molecule has 2 aromatic carbocycles. The van der Waals surface area contributed by atoms with Gasteiger partial charge in [-0.25, -0.2) is 4.79 Å². The summed E-state index contributed by atoms with van der Waals surface area (Å²) in [5.74, 6) is -0.821. The van der Waals surface area contributed by atoms with Gasteiger partial charge >= 0.3 is 6.09 Å². The van der Waals surface area contributed by atoms with E-state index in [4.69, 9.17) is 39.4 Å². The topological polar surface area (TPSA) is 132 Å². The number of allylic oxidation sites excluding steroid dienone is 1. The minimum atomic E-state index is -0.821. The summed E-state index contributed by atoms with van der Waals surface area (Å²) in [5.41, 5.74) is 11.4. The Morgan fingerprint density at radius 1 is 1.06 bits per heavy atom. The van der Waals surface area contributed by atoms with E-state index in [0.717, 1.165) is 16.8 Å². The van der Waals surface area contributed by atoms with Gasteiger partial charge in [0.25, 0.3) is 5.91 Å². The van der Waals surface area contributed by atoms with Crippen molar-refractivity contribution in [1.82, 2.24) is 4.72 Å². The van der Waals surface area contributed by atoms with E-state index in [1.165, 1.54) is 6.21 Å². The Kier molecular flexibility index (Phi) is 8.82. The second-order valence-corrected chi connectivity index (χ2v) is 9.07. The highest BCUT2D eigenvalue weighted by molar-refractivity contribution is 7.98. The maximum Gasteiger partial charge on any atom is 0.418 e. The van der Waals surface area contributed by atoms with Crippen molar-refractivity contribution < 1.29 is 14.3 Å². The number of primary amides is 1. The molecule has 0 aromatic heterocycles. The second kappa shape index (κ2) is 11.1. The second-order valence-electron chi connectivity index (χ2n) is 7.38. The lowest BCUT2D eigenvalue weighted by atomic mass is 10.2. The minimum Gasteiger partial charge on any atom is -0.443 e. The third kappa shape index (κ3) is 7.99. The number of rotatable bonds is 7. The quantitative estimate of drug-likeness (QED) is 0.243. The number of ether oxygens (including phenoxy) is 1. The molecular formula is C21H23Cl2N5O3S. The summed E-state index contributed by atoms with van der Waals surface area (Å²) in [6.45, 7) is 5.34. The molecule has 0 atom stereocenters. The van der Waals surface area contributed by atoms with E-state index in [0.29, 0.717) is 21.4 Å². The van der Waals surface area contributed by atoms with Crippen LogP contribution < -0.4 is 21.5 Å². The van der Waals surface area contributed by atoms with E-state index in [2.05, 4.69) is 15.0 Å². The van der Waals surface area contributed by atoms with Crippen LogP contribution in [-0.2, 0) is 9.53 Å². The predicted octanol–water partition coefficient (Wildman–Crippen LogP) is 5.00. The van der Waals surface area contributed by atoms with Crippen LogP contribution in [0.1, 0.15) is 20.8 Å². The molecule has 2 aromatic rings. The number of para-hydroxylation sites is 1. The number of nitrogens with two attached hydrogens (primary N) is 2. The smallest absolute Gasteiger partial charge is 0.418 e. The predicted molar refractivity (Wildman–Crippen MR) is 130 cm³/mol. The number of hydrogen-bond donors (Lipinski definition) is 4. The fourth-order valence-corrected chi connectivity index (χ4v) is 3.21. The number of anilines is 1. The number of carbonyl (C=O) groups excluding carboxylic acids is 2. The molecule has 2 rings (SSSR count). The SMILES string of the molecule is CC(C)(C)OC(=O)NSc1ccc(N/C(C=Nc2c(Cl)cccc2Cl)=C(/N)C(N)=O)cc1. The normalized spacial score (nSPS) is 12.3. The van der Waals surface area contributed by atoms with Gasteiger partial charge in [-0.2, -0.15) is 0 Å². The Morgan fingerprint density at radius 2 is 1.66 bits per heavy atom. The van der Waals surface area contributed by atoms with E-state index in [9.17, 15) is 9.59 Å². The van der Waals surface area contributed by atoms with Crippen LogP contribution in [0.4, 0.5) is 16.2 Å². The molecule has 2 amide bonds. The van der Waals surface area contributed by atoms with Crippen LogP contribution in [0.15, 0.2) is 63.7 Å². The van der Waals surface area contributed by atoms with Gasteiger partial charge in [-0.1, -0.05) is 29.3 Å². The molecule has 0 radical (unpaired) electrons. The zero-order valence-corrected chi connectivity index (χ0v) is 19.9. The first-order valence-electron chi connectivity index (χ1n) is 9.27. The van der Waals surface area contributed by atoms with E-state index in [1.54, 1.807) is 63.2 Å². The average molecular weight is 496 g/mol. The fraction of sp³-hybridized carbons (Fsp3) is 0.190. The standard InChI is InChI=1S/C21H23Cl2N5O3S/c1-21(2,3)31-20(30)28-32-13-9-7-12(8-10-13)27-16(17(24)19(25)29)11-26-18-14(22)5-4-6-15(18)23/h4-11,27H,24H2,1-3H3,(H2,25,29)(H,28,30)/b17-16+,26-11?. The molecule has 0 saturated carbocycles.